The van der Waals surface area contributed by atoms with Crippen molar-refractivity contribution in [3.63, 3.8) is 0 Å². The van der Waals surface area contributed by atoms with Crippen molar-refractivity contribution in [1.29, 1.82) is 0 Å². The standard InChI is InChI=1S/C17H19N3S/c1-2-15-16(14-3-7-18-8-4-14)11-20(17(15)19-6-1)10-13-5-9-21-12-13/h1-2,5-6,9,11-12,14,18H,3-4,7-8,10H2. The molecule has 0 radical (unpaired) electrons. The van der Waals surface area contributed by atoms with E-state index in [1.54, 1.807) is 11.3 Å². The van der Waals surface area contributed by atoms with Gasteiger partial charge >= 0.3 is 0 Å². The van der Waals surface area contributed by atoms with E-state index in [9.17, 15) is 0 Å². The van der Waals surface area contributed by atoms with Gasteiger partial charge < -0.3 is 9.88 Å². The summed E-state index contributed by atoms with van der Waals surface area (Å²) in [6.45, 7) is 3.17. The molecule has 1 N–H and O–H groups in total. The Bertz CT molecular complexity index is 724. The zero-order valence-electron chi connectivity index (χ0n) is 12.0. The average molecular weight is 297 g/mol. The van der Waals surface area contributed by atoms with Crippen molar-refractivity contribution in [1.82, 2.24) is 14.9 Å². The van der Waals surface area contributed by atoms with E-state index in [1.165, 1.54) is 29.4 Å². The summed E-state index contributed by atoms with van der Waals surface area (Å²) in [4.78, 5) is 4.63. The highest BCUT2D eigenvalue weighted by Crippen LogP contribution is 2.32. The smallest absolute Gasteiger partial charge is 0.140 e. The Morgan fingerprint density at radius 3 is 3.00 bits per heavy atom. The number of hydrogen-bond donors (Lipinski definition) is 1. The fraction of sp³-hybridized carbons (Fsp3) is 0.353. The first-order valence-corrected chi connectivity index (χ1v) is 8.51. The average Bonchev–Trinajstić information content (AvgIpc) is 3.17. The fourth-order valence-corrected chi connectivity index (χ4v) is 3.97. The summed E-state index contributed by atoms with van der Waals surface area (Å²) in [6, 6.07) is 6.48. The molecule has 108 valence electrons. The van der Waals surface area contributed by atoms with Crippen LogP contribution in [0.1, 0.15) is 29.9 Å². The van der Waals surface area contributed by atoms with Crippen LogP contribution in [0, 0.1) is 0 Å². The van der Waals surface area contributed by atoms with Crippen LogP contribution >= 0.6 is 11.3 Å². The van der Waals surface area contributed by atoms with Gasteiger partial charge in [-0.2, -0.15) is 11.3 Å². The van der Waals surface area contributed by atoms with E-state index in [-0.39, 0.29) is 0 Å². The lowest BCUT2D eigenvalue weighted by molar-refractivity contribution is 0.461. The van der Waals surface area contributed by atoms with Crippen LogP contribution in [-0.2, 0) is 6.54 Å². The Balaban J connectivity index is 1.76. The number of fused-ring (bicyclic) bond motifs is 1. The summed E-state index contributed by atoms with van der Waals surface area (Å²) in [7, 11) is 0. The van der Waals surface area contributed by atoms with Crippen molar-refractivity contribution < 1.29 is 0 Å². The van der Waals surface area contributed by atoms with Gasteiger partial charge in [-0.15, -0.1) is 0 Å². The third kappa shape index (κ3) is 2.49. The van der Waals surface area contributed by atoms with E-state index in [0.717, 1.165) is 25.3 Å². The molecule has 21 heavy (non-hydrogen) atoms. The minimum Gasteiger partial charge on any atom is -0.328 e. The van der Waals surface area contributed by atoms with E-state index in [0.29, 0.717) is 5.92 Å². The van der Waals surface area contributed by atoms with Gasteiger partial charge in [0.1, 0.15) is 5.65 Å². The molecule has 0 aromatic carbocycles. The minimum absolute atomic E-state index is 0.668. The van der Waals surface area contributed by atoms with Crippen molar-refractivity contribution in [3.8, 4) is 0 Å². The van der Waals surface area contributed by atoms with Gasteiger partial charge in [-0.3, -0.25) is 0 Å². The first-order valence-electron chi connectivity index (χ1n) is 7.57. The molecule has 0 unspecified atom stereocenters. The van der Waals surface area contributed by atoms with E-state index in [2.05, 4.69) is 50.0 Å². The molecule has 0 saturated carbocycles. The Hall–Kier alpha value is -1.65. The van der Waals surface area contributed by atoms with Crippen LogP contribution in [0.15, 0.2) is 41.4 Å². The molecule has 0 bridgehead atoms. The number of nitrogens with one attached hydrogen (secondary N) is 1. The van der Waals surface area contributed by atoms with Crippen LogP contribution in [-0.4, -0.2) is 22.6 Å². The third-order valence-electron chi connectivity index (χ3n) is 4.38. The van der Waals surface area contributed by atoms with Gasteiger partial charge in [0, 0.05) is 24.3 Å². The molecule has 4 heterocycles. The molecule has 0 spiro atoms. The first-order chi connectivity index (χ1) is 10.4. The monoisotopic (exact) mass is 297 g/mol. The Morgan fingerprint density at radius 2 is 2.19 bits per heavy atom. The predicted octanol–water partition coefficient (Wildman–Crippen LogP) is 3.61. The number of nitrogens with zero attached hydrogens (tertiary/aromatic N) is 2. The molecule has 1 aliphatic heterocycles. The molecule has 0 atom stereocenters. The molecule has 4 heteroatoms. The topological polar surface area (TPSA) is 29.9 Å². The van der Waals surface area contributed by atoms with Crippen LogP contribution in [0.4, 0.5) is 0 Å². The summed E-state index contributed by atoms with van der Waals surface area (Å²) < 4.78 is 2.31. The Kier molecular flexibility index (Phi) is 3.49. The van der Waals surface area contributed by atoms with Crippen LogP contribution in [0.3, 0.4) is 0 Å². The van der Waals surface area contributed by atoms with Gasteiger partial charge in [0.2, 0.25) is 0 Å². The maximum Gasteiger partial charge on any atom is 0.140 e. The van der Waals surface area contributed by atoms with E-state index >= 15 is 0 Å². The van der Waals surface area contributed by atoms with Gasteiger partial charge in [-0.05, 0) is 71.9 Å². The van der Waals surface area contributed by atoms with Gasteiger partial charge in [-0.1, -0.05) is 0 Å². The second-order valence-electron chi connectivity index (χ2n) is 5.74. The lowest BCUT2D eigenvalue weighted by atomic mass is 9.90. The van der Waals surface area contributed by atoms with Crippen molar-refractivity contribution in [3.05, 3.63) is 52.5 Å². The maximum atomic E-state index is 4.63. The molecule has 3 aromatic heterocycles. The summed E-state index contributed by atoms with van der Waals surface area (Å²) >= 11 is 1.76. The van der Waals surface area contributed by atoms with Crippen molar-refractivity contribution in [2.24, 2.45) is 0 Å². The van der Waals surface area contributed by atoms with Gasteiger partial charge in [0.25, 0.3) is 0 Å². The van der Waals surface area contributed by atoms with Crippen LogP contribution in [0.2, 0.25) is 0 Å². The van der Waals surface area contributed by atoms with Crippen LogP contribution in [0.25, 0.3) is 11.0 Å². The number of pyridine rings is 1. The third-order valence-corrected chi connectivity index (χ3v) is 5.11. The molecule has 3 aromatic rings. The lowest BCUT2D eigenvalue weighted by Gasteiger charge is -2.22. The molecule has 4 rings (SSSR count). The molecule has 0 amide bonds. The second kappa shape index (κ2) is 5.62. The largest absolute Gasteiger partial charge is 0.328 e. The molecular formula is C17H19N3S. The van der Waals surface area contributed by atoms with Crippen molar-refractivity contribution in [2.75, 3.05) is 13.1 Å². The molecule has 0 aliphatic carbocycles. The minimum atomic E-state index is 0.668. The van der Waals surface area contributed by atoms with E-state index in [1.807, 2.05) is 6.20 Å². The number of piperidine rings is 1. The number of rotatable bonds is 3. The predicted molar refractivity (Wildman–Crippen MR) is 88.0 cm³/mol. The number of aromatic nitrogens is 2. The van der Waals surface area contributed by atoms with Crippen LogP contribution in [0.5, 0.6) is 0 Å². The highest BCUT2D eigenvalue weighted by atomic mass is 32.1. The van der Waals surface area contributed by atoms with E-state index in [4.69, 9.17) is 0 Å². The summed E-state index contributed by atoms with van der Waals surface area (Å²) in [5, 5.41) is 9.15. The van der Waals surface area contributed by atoms with Gasteiger partial charge in [-0.25, -0.2) is 4.98 Å². The molecule has 1 aliphatic rings. The van der Waals surface area contributed by atoms with Crippen molar-refractivity contribution in [2.45, 2.75) is 25.3 Å². The lowest BCUT2D eigenvalue weighted by Crippen LogP contribution is -2.26. The van der Waals surface area contributed by atoms with Gasteiger partial charge in [0.05, 0.1) is 0 Å². The normalized spacial score (nSPS) is 16.6. The van der Waals surface area contributed by atoms with Gasteiger partial charge in [0.15, 0.2) is 0 Å². The Labute approximate surface area is 128 Å². The number of hydrogen-bond acceptors (Lipinski definition) is 3. The molecule has 1 fully saturated rings. The summed E-state index contributed by atoms with van der Waals surface area (Å²) in [5.41, 5.74) is 3.96. The van der Waals surface area contributed by atoms with Crippen molar-refractivity contribution >= 4 is 22.4 Å². The molecular weight excluding hydrogens is 278 g/mol. The zero-order chi connectivity index (χ0) is 14.1. The van der Waals surface area contributed by atoms with E-state index < -0.39 is 0 Å². The summed E-state index contributed by atoms with van der Waals surface area (Å²) in [5.74, 6) is 0.668. The number of thiophene rings is 1. The maximum absolute atomic E-state index is 4.63. The zero-order valence-corrected chi connectivity index (χ0v) is 12.8. The first kappa shape index (κ1) is 13.0. The van der Waals surface area contributed by atoms with Crippen LogP contribution < -0.4 is 5.32 Å². The highest BCUT2D eigenvalue weighted by Gasteiger charge is 2.20. The molecule has 3 nitrogen and oxygen atoms in total. The second-order valence-corrected chi connectivity index (χ2v) is 6.52. The molecule has 1 saturated heterocycles. The highest BCUT2D eigenvalue weighted by molar-refractivity contribution is 7.07. The SMILES string of the molecule is c1cnc2c(c1)c(C1CCNCC1)cn2Cc1ccsc1. The quantitative estimate of drug-likeness (QED) is 0.800. The summed E-state index contributed by atoms with van der Waals surface area (Å²) in [6.07, 6.45) is 6.70. The Morgan fingerprint density at radius 1 is 1.29 bits per heavy atom. The fourth-order valence-electron chi connectivity index (χ4n) is 3.31.